The normalized spacial score (nSPS) is 31.3. The highest BCUT2D eigenvalue weighted by molar-refractivity contribution is 6.39. The van der Waals surface area contributed by atoms with Gasteiger partial charge in [-0.15, -0.1) is 0 Å². The molecule has 1 aromatic rings. The molecule has 0 aliphatic carbocycles. The number of carbonyl (C=O) groups excluding carboxylic acids is 5. The Balaban J connectivity index is 1.63. The molecule has 2 fully saturated rings. The van der Waals surface area contributed by atoms with E-state index in [1.165, 1.54) is 33.1 Å². The molecule has 0 aromatic heterocycles. The summed E-state index contributed by atoms with van der Waals surface area (Å²) in [5, 5.41) is 56.4. The Hall–Kier alpha value is -4.95. The average Bonchev–Trinajstić information content (AvgIpc) is 1.97. The van der Waals surface area contributed by atoms with Crippen molar-refractivity contribution in [1.29, 1.82) is 0 Å². The fourth-order valence-corrected chi connectivity index (χ4v) is 10.2. The predicted molar refractivity (Wildman–Crippen MR) is 306 cm³/mol. The van der Waals surface area contributed by atoms with Gasteiger partial charge in [0.2, 0.25) is 0 Å². The van der Waals surface area contributed by atoms with Gasteiger partial charge in [0.25, 0.3) is 0 Å². The first-order valence-corrected chi connectivity index (χ1v) is 29.0. The lowest BCUT2D eigenvalue weighted by Gasteiger charge is -2.47. The molecule has 0 saturated carbocycles. The summed E-state index contributed by atoms with van der Waals surface area (Å²) in [6.07, 6.45) is -6.12. The number of allylic oxidation sites excluding steroid dienone is 4. The molecule has 5 N–H and O–H groups in total. The van der Waals surface area contributed by atoms with Crippen molar-refractivity contribution in [2.45, 2.75) is 201 Å². The Kier molecular flexibility index (Phi) is 28.3. The van der Waals surface area contributed by atoms with Crippen molar-refractivity contribution in [2.75, 3.05) is 40.1 Å². The molecule has 14 atom stereocenters. The summed E-state index contributed by atoms with van der Waals surface area (Å²) in [5.41, 5.74) is 0.342. The second-order valence-corrected chi connectivity index (χ2v) is 22.3. The third-order valence-corrected chi connectivity index (χ3v) is 15.0. The average molecular weight is 1230 g/mol. The van der Waals surface area contributed by atoms with Crippen LogP contribution in [0.3, 0.4) is 0 Å². The fraction of sp³-hybridized carbons (Fsp3) is 0.650. The van der Waals surface area contributed by atoms with E-state index in [4.69, 9.17) is 80.0 Å². The maximum atomic E-state index is 14.4. The maximum absolute atomic E-state index is 14.4. The number of aliphatic hydroxyl groups is 5. The minimum absolute atomic E-state index is 0.0204. The summed E-state index contributed by atoms with van der Waals surface area (Å²) >= 11 is 13.5. The largest absolute Gasteiger partial charge is 0.479 e. The number of rotatable bonds is 21. The number of hydrogen-bond donors (Lipinski definition) is 5. The zero-order valence-electron chi connectivity index (χ0n) is 50.4. The molecule has 472 valence electrons. The first-order valence-electron chi connectivity index (χ1n) is 28.2. The Bertz CT molecular complexity index is 2570. The molecule has 0 bridgehead atoms. The first kappa shape index (κ1) is 71.5. The molecule has 4 rings (SSSR count). The van der Waals surface area contributed by atoms with Crippen molar-refractivity contribution >= 4 is 53.0 Å². The predicted octanol–water partition coefficient (Wildman–Crippen LogP) is 6.71. The zero-order valence-corrected chi connectivity index (χ0v) is 51.9. The third-order valence-electron chi connectivity index (χ3n) is 14.2. The first-order chi connectivity index (χ1) is 39.6. The number of benzene rings is 1. The van der Waals surface area contributed by atoms with Gasteiger partial charge in [0.15, 0.2) is 49.5 Å². The van der Waals surface area contributed by atoms with Crippen LogP contribution in [0.25, 0.3) is 0 Å². The summed E-state index contributed by atoms with van der Waals surface area (Å²) in [7, 11) is 1.25. The van der Waals surface area contributed by atoms with Gasteiger partial charge < -0.3 is 82.4 Å². The maximum Gasteiger partial charge on any atom is 0.344 e. The summed E-state index contributed by atoms with van der Waals surface area (Å²) in [6, 6.07) is 0. The van der Waals surface area contributed by atoms with Crippen LogP contribution in [0.15, 0.2) is 58.7 Å². The lowest BCUT2D eigenvalue weighted by atomic mass is 9.88. The van der Waals surface area contributed by atoms with Gasteiger partial charge in [0.05, 0.1) is 60.8 Å². The molecule has 3 aliphatic heterocycles. The second kappa shape index (κ2) is 33.2. The Morgan fingerprint density at radius 1 is 0.821 bits per heavy atom. The van der Waals surface area contributed by atoms with Crippen LogP contribution in [0.5, 0.6) is 11.5 Å². The molecule has 1 aromatic carbocycles. The smallest absolute Gasteiger partial charge is 0.344 e. The quantitative estimate of drug-likeness (QED) is 0.0485. The number of carbonyl (C=O) groups is 5. The molecule has 84 heavy (non-hydrogen) atoms. The summed E-state index contributed by atoms with van der Waals surface area (Å²) < 4.78 is 69.5. The molecule has 2 saturated heterocycles. The van der Waals surface area contributed by atoms with Crippen LogP contribution in [-0.4, -0.2) is 181 Å². The number of ether oxygens (including phenoxy) is 12. The van der Waals surface area contributed by atoms with Crippen molar-refractivity contribution in [3.05, 3.63) is 79.9 Å². The molecule has 0 unspecified atom stereocenters. The zero-order chi connectivity index (χ0) is 62.9. The van der Waals surface area contributed by atoms with Crippen LogP contribution >= 0.6 is 23.2 Å². The molecule has 22 nitrogen and oxygen atoms in total. The van der Waals surface area contributed by atoms with E-state index in [9.17, 15) is 49.5 Å². The third kappa shape index (κ3) is 19.0. The highest BCUT2D eigenvalue weighted by Crippen LogP contribution is 2.47. The van der Waals surface area contributed by atoms with Crippen molar-refractivity contribution in [2.24, 2.45) is 11.8 Å². The molecule has 24 heteroatoms. The van der Waals surface area contributed by atoms with Crippen molar-refractivity contribution < 1.29 is 106 Å². The van der Waals surface area contributed by atoms with Crippen molar-refractivity contribution in [3.8, 4) is 11.5 Å². The van der Waals surface area contributed by atoms with Gasteiger partial charge in [0.1, 0.15) is 46.7 Å². The molecule has 3 heterocycles. The second-order valence-electron chi connectivity index (χ2n) is 21.5. The number of esters is 5. The lowest BCUT2D eigenvalue weighted by Crippen LogP contribution is -2.64. The van der Waals surface area contributed by atoms with E-state index in [0.717, 1.165) is 0 Å². The van der Waals surface area contributed by atoms with Crippen LogP contribution in [0.4, 0.5) is 0 Å². The number of methoxy groups -OCH3 is 1. The van der Waals surface area contributed by atoms with Crippen LogP contribution in [-0.2, 0) is 73.0 Å². The molecule has 0 radical (unpaired) electrons. The van der Waals surface area contributed by atoms with Crippen LogP contribution in [0, 0.1) is 11.8 Å². The van der Waals surface area contributed by atoms with Crippen LogP contribution in [0.1, 0.15) is 125 Å². The summed E-state index contributed by atoms with van der Waals surface area (Å²) in [4.78, 5) is 65.8. The standard InChI is InChI=1S/C60H86Cl2O22/c1-15-36-26-32(8)39(64)22-20-19-21-37(56(71)80-40(34(10)63)24-23-31(7)25-33(9)49(36)82-58-47(68)46(67)54(60(12,13)84-58)83-55(70)30(5)6)27-78-59-53(73-14)48(69)50(35(11)79-59)81-57(72)43-38(16-2)44(61)52(77-29-42(66)75-18-4)45(62)51(43)76-28-41(65)74-17-3/h19-21,23,25-26,30,34-36,39-40,46-50,53-54,58-59,63-64,67-69H,15-18,22,24,27-29H2,1-14H3/b20-19+,31-23+,32-26+,33-25+,37-21+/t34-,35+,36+,39+,40+,46-,47+,48-,49+,50+,53-,54+,58-,59+/m1/s1. The van der Waals surface area contributed by atoms with Gasteiger partial charge in [0, 0.05) is 19.4 Å². The number of aliphatic hydroxyl groups excluding tert-OH is 5. The van der Waals surface area contributed by atoms with Gasteiger partial charge in [-0.1, -0.05) is 86.9 Å². The molecule has 0 spiro atoms. The monoisotopic (exact) mass is 1230 g/mol. The molecule has 0 amide bonds. The van der Waals surface area contributed by atoms with Crippen LogP contribution in [0.2, 0.25) is 10.0 Å². The van der Waals surface area contributed by atoms with Gasteiger partial charge in [-0.05, 0) is 104 Å². The van der Waals surface area contributed by atoms with E-state index in [1.807, 2.05) is 26.0 Å². The van der Waals surface area contributed by atoms with E-state index in [1.54, 1.807) is 74.5 Å². The highest BCUT2D eigenvalue weighted by atomic mass is 35.5. The minimum Gasteiger partial charge on any atom is -0.479 e. The fourth-order valence-electron chi connectivity index (χ4n) is 9.51. The van der Waals surface area contributed by atoms with Gasteiger partial charge in [-0.2, -0.15) is 0 Å². The topological polar surface area (TPSA) is 297 Å². The summed E-state index contributed by atoms with van der Waals surface area (Å²) in [6.45, 7) is 19.9. The number of halogens is 2. The van der Waals surface area contributed by atoms with Crippen molar-refractivity contribution in [3.63, 3.8) is 0 Å². The van der Waals surface area contributed by atoms with Gasteiger partial charge in [-0.25, -0.2) is 19.2 Å². The van der Waals surface area contributed by atoms with Gasteiger partial charge in [-0.3, -0.25) is 4.79 Å². The Morgan fingerprint density at radius 2 is 1.45 bits per heavy atom. The minimum atomic E-state index is -1.65. The molecule has 3 aliphatic rings. The molecular weight excluding hydrogens is 1140 g/mol. The van der Waals surface area contributed by atoms with Gasteiger partial charge >= 0.3 is 29.8 Å². The number of cyclic esters (lactones) is 1. The van der Waals surface area contributed by atoms with E-state index in [-0.39, 0.29) is 65.0 Å². The van der Waals surface area contributed by atoms with E-state index in [0.29, 0.717) is 23.1 Å². The lowest BCUT2D eigenvalue weighted by molar-refractivity contribution is -0.333. The SMILES string of the molecule is CCOC(=O)COc1c(Cl)c(CC)c(C(=O)O[C@@H]2[C@@H](O)[C@@H](OC)[C@@H](OC/C3=C\C=C\C[C@H](O)/C(C)=C/[C@H](CC)[C@@H](O[C@@H]4OC(C)(C)[C@@H](OC(=O)C(C)C)[C@H](O)[C@@H]4O)/C(C)=C/C(C)=C/C[C@@H]([C@@H](C)O)OC3=O)O[C@H]2C)c(OCC(=O)OCC)c1Cl. The van der Waals surface area contributed by atoms with E-state index in [2.05, 4.69) is 0 Å². The van der Waals surface area contributed by atoms with Crippen LogP contribution < -0.4 is 9.47 Å². The Labute approximate surface area is 501 Å². The number of hydrogen-bond acceptors (Lipinski definition) is 22. The van der Waals surface area contributed by atoms with Crippen molar-refractivity contribution in [1.82, 2.24) is 0 Å². The summed E-state index contributed by atoms with van der Waals surface area (Å²) in [5.74, 6) is -5.65. The highest BCUT2D eigenvalue weighted by Gasteiger charge is 2.53. The molecular formula is C60H86Cl2O22. The van der Waals surface area contributed by atoms with E-state index < -0.39 is 153 Å². The Morgan fingerprint density at radius 3 is 2.02 bits per heavy atom. The van der Waals surface area contributed by atoms with E-state index >= 15 is 0 Å².